The van der Waals surface area contributed by atoms with E-state index in [-0.39, 0.29) is 18.0 Å². The third-order valence-corrected chi connectivity index (χ3v) is 4.59. The highest BCUT2D eigenvalue weighted by Gasteiger charge is 2.25. The van der Waals surface area contributed by atoms with Crippen molar-refractivity contribution in [3.05, 3.63) is 70.3 Å². The van der Waals surface area contributed by atoms with Gasteiger partial charge in [-0.15, -0.1) is 0 Å². The van der Waals surface area contributed by atoms with Crippen molar-refractivity contribution >= 4 is 45.1 Å². The Bertz CT molecular complexity index is 944. The number of amides is 2. The Morgan fingerprint density at radius 3 is 2.68 bits per heavy atom. The van der Waals surface area contributed by atoms with E-state index in [1.165, 1.54) is 11.1 Å². The molecule has 3 rings (SSSR count). The van der Waals surface area contributed by atoms with Crippen LogP contribution in [0.1, 0.15) is 12.0 Å². The zero-order chi connectivity index (χ0) is 20.1. The smallest absolute Gasteiger partial charge is 0.356 e. The number of nitrogens with zero attached hydrogens (tertiary/aromatic N) is 1. The minimum atomic E-state index is -0.716. The topological polar surface area (TPSA) is 87.7 Å². The zero-order valence-electron chi connectivity index (χ0n) is 15.1. The molecule has 2 N–H and O–H groups in total. The number of aryl methyl sites for hydroxylation is 1. The van der Waals surface area contributed by atoms with Crippen molar-refractivity contribution in [3.8, 4) is 0 Å². The van der Waals surface area contributed by atoms with E-state index in [2.05, 4.69) is 26.7 Å². The Kier molecular flexibility index (Phi) is 6.10. The number of carbonyl (C=O) groups is 3. The van der Waals surface area contributed by atoms with Crippen LogP contribution < -0.4 is 15.8 Å². The molecule has 2 amide bonds. The summed E-state index contributed by atoms with van der Waals surface area (Å²) in [6.07, 6.45) is 1.49. The molecule has 0 bridgehead atoms. The Morgan fingerprint density at radius 2 is 1.96 bits per heavy atom. The van der Waals surface area contributed by atoms with Gasteiger partial charge in [0, 0.05) is 10.9 Å². The Hall–Kier alpha value is -3.13. The largest absolute Gasteiger partial charge is 0.451 e. The number of para-hydroxylation sites is 1. The average molecular weight is 444 g/mol. The van der Waals surface area contributed by atoms with E-state index in [1.54, 1.807) is 30.3 Å². The van der Waals surface area contributed by atoms with Gasteiger partial charge in [0.15, 0.2) is 6.61 Å². The van der Waals surface area contributed by atoms with Crippen LogP contribution in [0.15, 0.2) is 64.8 Å². The number of benzene rings is 2. The summed E-state index contributed by atoms with van der Waals surface area (Å²) in [4.78, 5) is 36.4. The van der Waals surface area contributed by atoms with Gasteiger partial charge in [0.2, 0.25) is 5.91 Å². The van der Waals surface area contributed by atoms with Crippen molar-refractivity contribution in [2.24, 2.45) is 0 Å². The second-order valence-corrected chi connectivity index (χ2v) is 6.96. The minimum absolute atomic E-state index is 0.0504. The number of ether oxygens (including phenoxy) is 1. The molecule has 2 aromatic carbocycles. The van der Waals surface area contributed by atoms with Crippen molar-refractivity contribution in [2.45, 2.75) is 13.3 Å². The SMILES string of the molecule is Cc1ccc(NC(=O)COC(=O)C2=CCC(=O)N(c3ccccc3)N2)c(Br)c1. The van der Waals surface area contributed by atoms with Crippen LogP contribution in [-0.2, 0) is 19.1 Å². The van der Waals surface area contributed by atoms with E-state index < -0.39 is 18.5 Å². The first-order chi connectivity index (χ1) is 13.4. The van der Waals surface area contributed by atoms with Crippen LogP contribution in [0.5, 0.6) is 0 Å². The second-order valence-electron chi connectivity index (χ2n) is 6.11. The Morgan fingerprint density at radius 1 is 1.21 bits per heavy atom. The molecule has 8 heteroatoms. The lowest BCUT2D eigenvalue weighted by atomic mass is 10.2. The van der Waals surface area contributed by atoms with Gasteiger partial charge in [-0.05, 0) is 58.8 Å². The Labute approximate surface area is 170 Å². The molecule has 7 nitrogen and oxygen atoms in total. The van der Waals surface area contributed by atoms with E-state index in [4.69, 9.17) is 4.74 Å². The van der Waals surface area contributed by atoms with E-state index in [0.717, 1.165) is 10.0 Å². The van der Waals surface area contributed by atoms with Gasteiger partial charge >= 0.3 is 5.97 Å². The second kappa shape index (κ2) is 8.71. The molecule has 0 saturated carbocycles. The van der Waals surface area contributed by atoms with E-state index in [9.17, 15) is 14.4 Å². The van der Waals surface area contributed by atoms with Crippen LogP contribution in [0, 0.1) is 6.92 Å². The molecular weight excluding hydrogens is 426 g/mol. The average Bonchev–Trinajstić information content (AvgIpc) is 2.69. The van der Waals surface area contributed by atoms with Crippen molar-refractivity contribution in [1.82, 2.24) is 5.43 Å². The summed E-state index contributed by atoms with van der Waals surface area (Å²) >= 11 is 3.37. The maximum Gasteiger partial charge on any atom is 0.356 e. The molecule has 1 aliphatic rings. The van der Waals surface area contributed by atoms with Gasteiger partial charge in [0.05, 0.1) is 11.4 Å². The molecule has 0 radical (unpaired) electrons. The van der Waals surface area contributed by atoms with Gasteiger partial charge in [0.1, 0.15) is 5.70 Å². The number of nitrogens with one attached hydrogen (secondary N) is 2. The van der Waals surface area contributed by atoms with Crippen LogP contribution in [-0.4, -0.2) is 24.4 Å². The van der Waals surface area contributed by atoms with Gasteiger partial charge in [-0.3, -0.25) is 15.0 Å². The lowest BCUT2D eigenvalue weighted by Gasteiger charge is -2.28. The molecule has 0 aliphatic carbocycles. The molecule has 144 valence electrons. The van der Waals surface area contributed by atoms with Crippen molar-refractivity contribution < 1.29 is 19.1 Å². The number of halogens is 1. The minimum Gasteiger partial charge on any atom is -0.451 e. The molecule has 0 saturated heterocycles. The molecule has 1 heterocycles. The maximum atomic E-state index is 12.3. The van der Waals surface area contributed by atoms with Crippen molar-refractivity contribution in [3.63, 3.8) is 0 Å². The van der Waals surface area contributed by atoms with Gasteiger partial charge < -0.3 is 10.1 Å². The molecular formula is C20H18BrN3O4. The molecule has 0 spiro atoms. The standard InChI is InChI=1S/C20H18BrN3O4/c1-13-7-8-16(15(21)11-13)22-18(25)12-28-20(27)17-9-10-19(26)24(23-17)14-5-3-2-4-6-14/h2-9,11,23H,10,12H2,1H3,(H,22,25). The molecule has 0 atom stereocenters. The fraction of sp³-hybridized carbons (Fsp3) is 0.150. The summed E-state index contributed by atoms with van der Waals surface area (Å²) in [5.74, 6) is -1.39. The highest BCUT2D eigenvalue weighted by atomic mass is 79.9. The molecule has 28 heavy (non-hydrogen) atoms. The van der Waals surface area contributed by atoms with Crippen LogP contribution in [0.4, 0.5) is 11.4 Å². The number of rotatable bonds is 5. The number of esters is 1. The van der Waals surface area contributed by atoms with Crippen LogP contribution in [0.3, 0.4) is 0 Å². The normalized spacial score (nSPS) is 13.4. The molecule has 2 aromatic rings. The van der Waals surface area contributed by atoms with E-state index >= 15 is 0 Å². The lowest BCUT2D eigenvalue weighted by Crippen LogP contribution is -2.47. The zero-order valence-corrected chi connectivity index (χ0v) is 16.7. The third-order valence-electron chi connectivity index (χ3n) is 3.93. The maximum absolute atomic E-state index is 12.3. The summed E-state index contributed by atoms with van der Waals surface area (Å²) in [6.45, 7) is 1.49. The highest BCUT2D eigenvalue weighted by molar-refractivity contribution is 9.10. The predicted octanol–water partition coefficient (Wildman–Crippen LogP) is 3.06. The monoisotopic (exact) mass is 443 g/mol. The first-order valence-corrected chi connectivity index (χ1v) is 9.31. The summed E-state index contributed by atoms with van der Waals surface area (Å²) in [5, 5.41) is 3.95. The lowest BCUT2D eigenvalue weighted by molar-refractivity contribution is -0.143. The number of hydrazine groups is 1. The van der Waals surface area contributed by atoms with Crippen LogP contribution >= 0.6 is 15.9 Å². The van der Waals surface area contributed by atoms with Gasteiger partial charge in [-0.2, -0.15) is 0 Å². The molecule has 0 unspecified atom stereocenters. The summed E-state index contributed by atoms with van der Waals surface area (Å²) in [6, 6.07) is 14.4. The summed E-state index contributed by atoms with van der Waals surface area (Å²) in [5.41, 5.74) is 5.08. The first kappa shape index (κ1) is 19.6. The third kappa shape index (κ3) is 4.77. The van der Waals surface area contributed by atoms with Crippen LogP contribution in [0.25, 0.3) is 0 Å². The van der Waals surface area contributed by atoms with E-state index in [1.807, 2.05) is 25.1 Å². The number of hydrogen-bond acceptors (Lipinski definition) is 5. The Balaban J connectivity index is 1.57. The summed E-state index contributed by atoms with van der Waals surface area (Å²) in [7, 11) is 0. The first-order valence-electron chi connectivity index (χ1n) is 8.52. The van der Waals surface area contributed by atoms with Crippen LogP contribution in [0.2, 0.25) is 0 Å². The fourth-order valence-electron chi connectivity index (χ4n) is 2.54. The number of carbonyl (C=O) groups excluding carboxylic acids is 3. The van der Waals surface area contributed by atoms with Gasteiger partial charge in [-0.25, -0.2) is 9.80 Å². The predicted molar refractivity (Wildman–Crippen MR) is 108 cm³/mol. The van der Waals surface area contributed by atoms with Crippen molar-refractivity contribution in [1.29, 1.82) is 0 Å². The molecule has 0 fully saturated rings. The van der Waals surface area contributed by atoms with Crippen molar-refractivity contribution in [2.75, 3.05) is 16.9 Å². The van der Waals surface area contributed by atoms with E-state index in [0.29, 0.717) is 11.4 Å². The fourth-order valence-corrected chi connectivity index (χ4v) is 3.13. The molecule has 0 aromatic heterocycles. The van der Waals surface area contributed by atoms with Gasteiger partial charge in [0.25, 0.3) is 5.91 Å². The highest BCUT2D eigenvalue weighted by Crippen LogP contribution is 2.23. The summed E-state index contributed by atoms with van der Waals surface area (Å²) < 4.78 is 5.80. The number of anilines is 2. The molecule has 1 aliphatic heterocycles. The number of hydrogen-bond donors (Lipinski definition) is 2. The quantitative estimate of drug-likeness (QED) is 0.693. The van der Waals surface area contributed by atoms with Gasteiger partial charge in [-0.1, -0.05) is 24.3 Å².